The lowest BCUT2D eigenvalue weighted by Gasteiger charge is -2.27. The third-order valence-corrected chi connectivity index (χ3v) is 3.93. The first-order valence-corrected chi connectivity index (χ1v) is 7.65. The van der Waals surface area contributed by atoms with Crippen molar-refractivity contribution in [2.45, 2.75) is 45.6 Å². The van der Waals surface area contributed by atoms with E-state index in [4.69, 9.17) is 0 Å². The van der Waals surface area contributed by atoms with E-state index in [1.807, 2.05) is 6.20 Å². The number of nitrogens with one attached hydrogen (secondary N) is 1. The van der Waals surface area contributed by atoms with E-state index in [-0.39, 0.29) is 0 Å². The first-order chi connectivity index (χ1) is 9.28. The summed E-state index contributed by atoms with van der Waals surface area (Å²) in [6, 6.07) is 4.29. The Kier molecular flexibility index (Phi) is 5.64. The van der Waals surface area contributed by atoms with E-state index in [9.17, 15) is 0 Å². The summed E-state index contributed by atoms with van der Waals surface area (Å²) >= 11 is 0. The smallest absolute Gasteiger partial charge is 0.126 e. The van der Waals surface area contributed by atoms with Gasteiger partial charge in [0.05, 0.1) is 0 Å². The van der Waals surface area contributed by atoms with E-state index in [1.54, 1.807) is 0 Å². The van der Waals surface area contributed by atoms with E-state index < -0.39 is 0 Å². The lowest BCUT2D eigenvalue weighted by molar-refractivity contribution is 0.228. The summed E-state index contributed by atoms with van der Waals surface area (Å²) in [5, 5.41) is 3.27. The Morgan fingerprint density at radius 2 is 2.11 bits per heavy atom. The van der Waals surface area contributed by atoms with E-state index in [1.165, 1.54) is 44.2 Å². The third-order valence-electron chi connectivity index (χ3n) is 3.93. The van der Waals surface area contributed by atoms with Crippen LogP contribution in [0.2, 0.25) is 0 Å². The molecule has 1 aliphatic rings. The molecule has 0 amide bonds. The maximum absolute atomic E-state index is 4.32. The van der Waals surface area contributed by atoms with E-state index in [0.29, 0.717) is 0 Å². The molecule has 0 unspecified atom stereocenters. The summed E-state index contributed by atoms with van der Waals surface area (Å²) in [4.78, 5) is 6.78. The summed E-state index contributed by atoms with van der Waals surface area (Å²) in [7, 11) is 2.24. The number of hydrogen-bond donors (Lipinski definition) is 1. The minimum absolute atomic E-state index is 0.911. The minimum atomic E-state index is 0.911. The number of rotatable bonds is 6. The second-order valence-corrected chi connectivity index (χ2v) is 5.78. The highest BCUT2D eigenvalue weighted by Gasteiger charge is 2.15. The van der Waals surface area contributed by atoms with Gasteiger partial charge in [-0.1, -0.05) is 19.3 Å². The Balaban J connectivity index is 1.83. The second kappa shape index (κ2) is 7.49. The van der Waals surface area contributed by atoms with Crippen molar-refractivity contribution >= 4 is 5.82 Å². The predicted molar refractivity (Wildman–Crippen MR) is 81.3 cm³/mol. The molecule has 3 heteroatoms. The molecule has 1 aromatic heterocycles. The zero-order valence-electron chi connectivity index (χ0n) is 12.4. The van der Waals surface area contributed by atoms with Crippen molar-refractivity contribution in [2.75, 3.05) is 25.5 Å². The maximum Gasteiger partial charge on any atom is 0.126 e. The molecule has 1 N–H and O–H groups in total. The Bertz CT molecular complexity index is 372. The maximum atomic E-state index is 4.32. The molecular weight excluding hydrogens is 234 g/mol. The molecule has 2 rings (SSSR count). The Labute approximate surface area is 117 Å². The second-order valence-electron chi connectivity index (χ2n) is 5.78. The van der Waals surface area contributed by atoms with Gasteiger partial charge in [0.1, 0.15) is 5.82 Å². The van der Waals surface area contributed by atoms with Crippen LogP contribution in [-0.2, 0) is 6.54 Å². The quantitative estimate of drug-likeness (QED) is 0.849. The summed E-state index contributed by atoms with van der Waals surface area (Å²) < 4.78 is 0. The van der Waals surface area contributed by atoms with Crippen molar-refractivity contribution in [1.29, 1.82) is 0 Å². The Morgan fingerprint density at radius 3 is 2.84 bits per heavy atom. The highest BCUT2D eigenvalue weighted by atomic mass is 15.1. The lowest BCUT2D eigenvalue weighted by Crippen LogP contribution is -2.26. The zero-order chi connectivity index (χ0) is 13.5. The van der Waals surface area contributed by atoms with Crippen LogP contribution in [0.25, 0.3) is 0 Å². The molecule has 0 bridgehead atoms. The minimum Gasteiger partial charge on any atom is -0.370 e. The predicted octanol–water partition coefficient (Wildman–Crippen LogP) is 3.53. The molecule has 0 saturated heterocycles. The molecular formula is C16H27N3. The van der Waals surface area contributed by atoms with Crippen LogP contribution in [0.5, 0.6) is 0 Å². The molecule has 0 radical (unpaired) electrons. The normalized spacial score (nSPS) is 16.8. The number of nitrogens with zero attached hydrogens (tertiary/aromatic N) is 2. The topological polar surface area (TPSA) is 28.2 Å². The standard InChI is InChI=1S/C16H27N3/c1-3-17-16-11-15(9-10-18-16)13-19(2)12-14-7-5-4-6-8-14/h9-11,14H,3-8,12-13H2,1-2H3,(H,17,18). The largest absolute Gasteiger partial charge is 0.370 e. The van der Waals surface area contributed by atoms with Crippen LogP contribution in [0, 0.1) is 5.92 Å². The molecule has 1 aromatic rings. The molecule has 1 saturated carbocycles. The van der Waals surface area contributed by atoms with Gasteiger partial charge in [0.15, 0.2) is 0 Å². The van der Waals surface area contributed by atoms with Crippen molar-refractivity contribution in [3.63, 3.8) is 0 Å². The first-order valence-electron chi connectivity index (χ1n) is 7.65. The van der Waals surface area contributed by atoms with E-state index in [0.717, 1.165) is 24.8 Å². The summed E-state index contributed by atoms with van der Waals surface area (Å²) in [6.07, 6.45) is 9.04. The molecule has 3 nitrogen and oxygen atoms in total. The highest BCUT2D eigenvalue weighted by molar-refractivity contribution is 5.37. The molecule has 1 heterocycles. The van der Waals surface area contributed by atoms with Crippen molar-refractivity contribution in [1.82, 2.24) is 9.88 Å². The van der Waals surface area contributed by atoms with Crippen LogP contribution in [0.4, 0.5) is 5.82 Å². The average molecular weight is 261 g/mol. The van der Waals surface area contributed by atoms with Crippen molar-refractivity contribution in [2.24, 2.45) is 5.92 Å². The van der Waals surface area contributed by atoms with Crippen LogP contribution in [-0.4, -0.2) is 30.0 Å². The molecule has 19 heavy (non-hydrogen) atoms. The lowest BCUT2D eigenvalue weighted by atomic mass is 9.89. The van der Waals surface area contributed by atoms with Gasteiger partial charge in [0.25, 0.3) is 0 Å². The molecule has 0 atom stereocenters. The van der Waals surface area contributed by atoms with Gasteiger partial charge >= 0.3 is 0 Å². The van der Waals surface area contributed by atoms with Crippen molar-refractivity contribution in [3.05, 3.63) is 23.9 Å². The summed E-state index contributed by atoms with van der Waals surface area (Å²) in [6.45, 7) is 5.29. The summed E-state index contributed by atoms with van der Waals surface area (Å²) in [5.74, 6) is 1.90. The van der Waals surface area contributed by atoms with E-state index >= 15 is 0 Å². The van der Waals surface area contributed by atoms with Gasteiger partial charge < -0.3 is 10.2 Å². The number of anilines is 1. The monoisotopic (exact) mass is 261 g/mol. The van der Waals surface area contributed by atoms with Gasteiger partial charge in [-0.05, 0) is 50.4 Å². The van der Waals surface area contributed by atoms with Gasteiger partial charge in [0, 0.05) is 25.8 Å². The van der Waals surface area contributed by atoms with Gasteiger partial charge in [-0.3, -0.25) is 0 Å². The van der Waals surface area contributed by atoms with Crippen molar-refractivity contribution in [3.8, 4) is 0 Å². The fourth-order valence-electron chi connectivity index (χ4n) is 3.04. The zero-order valence-corrected chi connectivity index (χ0v) is 12.4. The third kappa shape index (κ3) is 4.83. The number of pyridine rings is 1. The van der Waals surface area contributed by atoms with Crippen LogP contribution in [0.3, 0.4) is 0 Å². The van der Waals surface area contributed by atoms with Gasteiger partial charge in [0.2, 0.25) is 0 Å². The van der Waals surface area contributed by atoms with Gasteiger partial charge in [-0.25, -0.2) is 4.98 Å². The fourth-order valence-corrected chi connectivity index (χ4v) is 3.04. The average Bonchev–Trinajstić information content (AvgIpc) is 2.40. The van der Waals surface area contributed by atoms with Crippen LogP contribution in [0.15, 0.2) is 18.3 Å². The SMILES string of the molecule is CCNc1cc(CN(C)CC2CCCCC2)ccn1. The summed E-state index contributed by atoms with van der Waals surface area (Å²) in [5.41, 5.74) is 1.35. The van der Waals surface area contributed by atoms with Crippen LogP contribution in [0.1, 0.15) is 44.6 Å². The molecule has 0 aliphatic heterocycles. The number of hydrogen-bond acceptors (Lipinski definition) is 3. The van der Waals surface area contributed by atoms with Gasteiger partial charge in [-0.15, -0.1) is 0 Å². The molecule has 1 aliphatic carbocycles. The molecule has 0 aromatic carbocycles. The fraction of sp³-hybridized carbons (Fsp3) is 0.688. The highest BCUT2D eigenvalue weighted by Crippen LogP contribution is 2.24. The Morgan fingerprint density at radius 1 is 1.32 bits per heavy atom. The number of aromatic nitrogens is 1. The van der Waals surface area contributed by atoms with E-state index in [2.05, 4.69) is 41.3 Å². The molecule has 1 fully saturated rings. The Hall–Kier alpha value is -1.09. The van der Waals surface area contributed by atoms with Crippen LogP contribution < -0.4 is 5.32 Å². The molecule has 106 valence electrons. The first kappa shape index (κ1) is 14.3. The van der Waals surface area contributed by atoms with Crippen LogP contribution >= 0.6 is 0 Å². The molecule has 0 spiro atoms. The van der Waals surface area contributed by atoms with Gasteiger partial charge in [-0.2, -0.15) is 0 Å². The van der Waals surface area contributed by atoms with Crippen molar-refractivity contribution < 1.29 is 0 Å².